The van der Waals surface area contributed by atoms with E-state index in [1.54, 1.807) is 12.1 Å². The van der Waals surface area contributed by atoms with Crippen molar-refractivity contribution in [2.75, 3.05) is 0 Å². The third-order valence-electron chi connectivity index (χ3n) is 2.84. The molecule has 0 fully saturated rings. The van der Waals surface area contributed by atoms with Crippen LogP contribution in [-0.4, -0.2) is 0 Å². The van der Waals surface area contributed by atoms with Crippen molar-refractivity contribution in [3.8, 4) is 0 Å². The van der Waals surface area contributed by atoms with Gasteiger partial charge in [-0.25, -0.2) is 0 Å². The van der Waals surface area contributed by atoms with Crippen LogP contribution in [0.5, 0.6) is 0 Å². The minimum atomic E-state index is -4.28. The van der Waals surface area contributed by atoms with E-state index >= 15 is 0 Å². The molecule has 17 heavy (non-hydrogen) atoms. The predicted octanol–water partition coefficient (Wildman–Crippen LogP) is 4.95. The normalized spacial score (nSPS) is 13.5. The van der Waals surface area contributed by atoms with Crippen LogP contribution in [0.2, 0.25) is 0 Å². The van der Waals surface area contributed by atoms with E-state index in [0.717, 1.165) is 30.0 Å². The number of hydrogen-bond acceptors (Lipinski definition) is 0. The van der Waals surface area contributed by atoms with Crippen molar-refractivity contribution in [3.05, 3.63) is 47.5 Å². The van der Waals surface area contributed by atoms with Gasteiger partial charge in [-0.15, -0.1) is 6.58 Å². The molecule has 0 saturated carbocycles. The van der Waals surface area contributed by atoms with Gasteiger partial charge in [0.1, 0.15) is 0 Å². The molecule has 1 rings (SSSR count). The highest BCUT2D eigenvalue weighted by molar-refractivity contribution is 5.37. The molecule has 0 radical (unpaired) electrons. The lowest BCUT2D eigenvalue weighted by Gasteiger charge is -2.16. The summed E-state index contributed by atoms with van der Waals surface area (Å²) in [5.74, 6) is -0.0566. The molecule has 0 bridgehead atoms. The molecule has 0 aliphatic rings. The van der Waals surface area contributed by atoms with E-state index < -0.39 is 11.7 Å². The van der Waals surface area contributed by atoms with Crippen LogP contribution in [0.3, 0.4) is 0 Å². The number of benzene rings is 1. The summed E-state index contributed by atoms with van der Waals surface area (Å²) in [6, 6.07) is 3.99. The second-order valence-electron chi connectivity index (χ2n) is 4.19. The van der Waals surface area contributed by atoms with Gasteiger partial charge in [0.15, 0.2) is 0 Å². The number of hydrogen-bond donors (Lipinski definition) is 0. The number of rotatable bonds is 4. The Morgan fingerprint density at radius 1 is 1.35 bits per heavy atom. The van der Waals surface area contributed by atoms with Crippen molar-refractivity contribution in [1.82, 2.24) is 0 Å². The van der Waals surface area contributed by atoms with Crippen molar-refractivity contribution in [1.29, 1.82) is 0 Å². The monoisotopic (exact) mass is 242 g/mol. The summed E-state index contributed by atoms with van der Waals surface area (Å²) in [5.41, 5.74) is 1.13. The summed E-state index contributed by atoms with van der Waals surface area (Å²) < 4.78 is 37.9. The highest BCUT2D eigenvalue weighted by Gasteiger charge is 2.31. The average Bonchev–Trinajstić information content (AvgIpc) is 2.27. The van der Waals surface area contributed by atoms with E-state index in [0.29, 0.717) is 0 Å². The lowest BCUT2D eigenvalue weighted by Crippen LogP contribution is -2.07. The Morgan fingerprint density at radius 2 is 2.00 bits per heavy atom. The lowest BCUT2D eigenvalue weighted by atomic mass is 9.91. The summed E-state index contributed by atoms with van der Waals surface area (Å²) in [6.45, 7) is 7.53. The first-order valence-corrected chi connectivity index (χ1v) is 5.72. The van der Waals surface area contributed by atoms with Crippen LogP contribution < -0.4 is 0 Å². The largest absolute Gasteiger partial charge is 0.416 e. The lowest BCUT2D eigenvalue weighted by molar-refractivity contribution is -0.137. The molecular formula is C14H17F3. The summed E-state index contributed by atoms with van der Waals surface area (Å²) in [6.07, 6.45) is -0.886. The van der Waals surface area contributed by atoms with Crippen LogP contribution in [0, 0.1) is 0 Å². The third-order valence-corrected chi connectivity index (χ3v) is 2.84. The molecule has 1 aromatic carbocycles. The number of allylic oxidation sites excluding steroid dienone is 1. The van der Waals surface area contributed by atoms with Crippen molar-refractivity contribution < 1.29 is 13.2 Å². The van der Waals surface area contributed by atoms with Crippen LogP contribution in [0.4, 0.5) is 13.2 Å². The van der Waals surface area contributed by atoms with Gasteiger partial charge in [0, 0.05) is 0 Å². The molecule has 0 N–H and O–H groups in total. The first kappa shape index (κ1) is 13.8. The average molecular weight is 242 g/mol. The Balaban J connectivity index is 3.23. The van der Waals surface area contributed by atoms with Gasteiger partial charge in [-0.3, -0.25) is 0 Å². The summed E-state index contributed by atoms with van der Waals surface area (Å²) >= 11 is 0. The van der Waals surface area contributed by atoms with Gasteiger partial charge in [-0.05, 0) is 35.6 Å². The topological polar surface area (TPSA) is 0 Å². The second kappa shape index (κ2) is 5.39. The maximum absolute atomic E-state index is 12.6. The van der Waals surface area contributed by atoms with Gasteiger partial charge < -0.3 is 0 Å². The maximum Gasteiger partial charge on any atom is 0.416 e. The zero-order valence-corrected chi connectivity index (χ0v) is 10.1. The molecule has 1 aromatic rings. The van der Waals surface area contributed by atoms with Crippen LogP contribution in [0.25, 0.3) is 0 Å². The van der Waals surface area contributed by atoms with E-state index in [1.165, 1.54) is 6.07 Å². The Kier molecular flexibility index (Phi) is 4.38. The van der Waals surface area contributed by atoms with Crippen molar-refractivity contribution >= 4 is 0 Å². The Morgan fingerprint density at radius 3 is 2.47 bits per heavy atom. The van der Waals surface area contributed by atoms with Gasteiger partial charge >= 0.3 is 6.18 Å². The fraction of sp³-hybridized carbons (Fsp3) is 0.429. The van der Waals surface area contributed by atoms with E-state index in [9.17, 15) is 13.2 Å². The van der Waals surface area contributed by atoms with Gasteiger partial charge in [0.25, 0.3) is 0 Å². The van der Waals surface area contributed by atoms with Gasteiger partial charge in [0.05, 0.1) is 5.56 Å². The molecule has 0 heterocycles. The third kappa shape index (κ3) is 3.35. The minimum Gasteiger partial charge on any atom is -0.166 e. The molecule has 1 unspecified atom stereocenters. The summed E-state index contributed by atoms with van der Waals surface area (Å²) in [4.78, 5) is 0. The van der Waals surface area contributed by atoms with Crippen molar-refractivity contribution in [3.63, 3.8) is 0 Å². The zero-order chi connectivity index (χ0) is 13.1. The Labute approximate surface area is 100 Å². The fourth-order valence-electron chi connectivity index (χ4n) is 1.82. The molecule has 0 aliphatic heterocycles. The first-order valence-electron chi connectivity index (χ1n) is 5.72. The van der Waals surface area contributed by atoms with E-state index in [4.69, 9.17) is 0 Å². The van der Waals surface area contributed by atoms with Crippen LogP contribution >= 0.6 is 0 Å². The summed E-state index contributed by atoms with van der Waals surface area (Å²) in [5, 5.41) is 0. The molecular weight excluding hydrogens is 225 g/mol. The van der Waals surface area contributed by atoms with Gasteiger partial charge in [-0.1, -0.05) is 32.4 Å². The standard InChI is InChI=1S/C14H17F3/c1-4-6-11-7-8-12(14(15,16)17)9-13(11)10(3)5-2/h5,7-10H,2,4,6H2,1,3H3. The minimum absolute atomic E-state index is 0.0566. The fourth-order valence-corrected chi connectivity index (χ4v) is 1.82. The molecule has 1 atom stereocenters. The van der Waals surface area contributed by atoms with Crippen LogP contribution in [0.1, 0.15) is 42.9 Å². The van der Waals surface area contributed by atoms with Crippen molar-refractivity contribution in [2.24, 2.45) is 0 Å². The van der Waals surface area contributed by atoms with Gasteiger partial charge in [0.2, 0.25) is 0 Å². The Hall–Kier alpha value is -1.25. The molecule has 0 spiro atoms. The predicted molar refractivity (Wildman–Crippen MR) is 64.1 cm³/mol. The smallest absolute Gasteiger partial charge is 0.166 e. The second-order valence-corrected chi connectivity index (χ2v) is 4.19. The molecule has 0 nitrogen and oxygen atoms in total. The molecule has 3 heteroatoms. The SMILES string of the molecule is C=CC(C)c1cc(C(F)(F)F)ccc1CCC. The first-order chi connectivity index (χ1) is 7.90. The summed E-state index contributed by atoms with van der Waals surface area (Å²) in [7, 11) is 0. The molecule has 94 valence electrons. The van der Waals surface area contributed by atoms with E-state index in [2.05, 4.69) is 6.58 Å². The van der Waals surface area contributed by atoms with E-state index in [-0.39, 0.29) is 5.92 Å². The van der Waals surface area contributed by atoms with E-state index in [1.807, 2.05) is 13.8 Å². The number of halogens is 3. The maximum atomic E-state index is 12.6. The quantitative estimate of drug-likeness (QED) is 0.655. The Bertz CT molecular complexity index is 391. The molecule has 0 aliphatic carbocycles. The molecule has 0 aromatic heterocycles. The molecule has 0 amide bonds. The van der Waals surface area contributed by atoms with Crippen molar-refractivity contribution in [2.45, 2.75) is 38.8 Å². The number of alkyl halides is 3. The van der Waals surface area contributed by atoms with Crippen LogP contribution in [0.15, 0.2) is 30.9 Å². The molecule has 0 saturated heterocycles. The highest BCUT2D eigenvalue weighted by atomic mass is 19.4. The van der Waals surface area contributed by atoms with Crippen LogP contribution in [-0.2, 0) is 12.6 Å². The highest BCUT2D eigenvalue weighted by Crippen LogP contribution is 2.33. The van der Waals surface area contributed by atoms with Gasteiger partial charge in [-0.2, -0.15) is 13.2 Å². The number of aryl methyl sites for hydroxylation is 1. The zero-order valence-electron chi connectivity index (χ0n) is 10.1.